The van der Waals surface area contributed by atoms with E-state index in [2.05, 4.69) is 29.6 Å². The van der Waals surface area contributed by atoms with Crippen molar-refractivity contribution in [3.8, 4) is 11.1 Å². The van der Waals surface area contributed by atoms with Crippen molar-refractivity contribution in [3.05, 3.63) is 102 Å². The molecular formula is C22H17NO2. The fourth-order valence-electron chi connectivity index (χ4n) is 2.85. The maximum absolute atomic E-state index is 12.1. The van der Waals surface area contributed by atoms with E-state index in [1.807, 2.05) is 66.7 Å². The van der Waals surface area contributed by atoms with E-state index in [1.54, 1.807) is 0 Å². The summed E-state index contributed by atoms with van der Waals surface area (Å²) in [6.07, 6.45) is 1.39. The van der Waals surface area contributed by atoms with Crippen molar-refractivity contribution >= 4 is 12.0 Å². The molecule has 0 aromatic heterocycles. The fourth-order valence-corrected chi connectivity index (χ4v) is 2.85. The minimum absolute atomic E-state index is 0.332. The Bertz CT molecular complexity index is 900. The highest BCUT2D eigenvalue weighted by Gasteiger charge is 2.28. The number of hydrogen-bond acceptors (Lipinski definition) is 3. The van der Waals surface area contributed by atoms with Crippen LogP contribution in [0.5, 0.6) is 0 Å². The maximum atomic E-state index is 12.1. The zero-order valence-corrected chi connectivity index (χ0v) is 13.6. The third kappa shape index (κ3) is 3.31. The Labute approximate surface area is 146 Å². The summed E-state index contributed by atoms with van der Waals surface area (Å²) >= 11 is 0. The lowest BCUT2D eigenvalue weighted by Gasteiger charge is -2.08. The highest BCUT2D eigenvalue weighted by Crippen LogP contribution is 2.25. The van der Waals surface area contributed by atoms with Gasteiger partial charge in [0.2, 0.25) is 0 Å². The Morgan fingerprint density at radius 2 is 1.36 bits per heavy atom. The lowest BCUT2D eigenvalue weighted by Crippen LogP contribution is -2.12. The van der Waals surface area contributed by atoms with Gasteiger partial charge in [0.15, 0.2) is 6.23 Å². The summed E-state index contributed by atoms with van der Waals surface area (Å²) in [5.74, 6) is -0.332. The van der Waals surface area contributed by atoms with Gasteiger partial charge in [0, 0.05) is 5.56 Å². The molecule has 0 radical (unpaired) electrons. The summed E-state index contributed by atoms with van der Waals surface area (Å²) in [4.78, 5) is 12.1. The Kier molecular flexibility index (Phi) is 4.05. The van der Waals surface area contributed by atoms with Crippen molar-refractivity contribution in [2.24, 2.45) is 0 Å². The lowest BCUT2D eigenvalue weighted by molar-refractivity contribution is -0.139. The van der Waals surface area contributed by atoms with Gasteiger partial charge in [-0.05, 0) is 22.8 Å². The fraction of sp³-hybridized carbons (Fsp3) is 0.0455. The first-order valence-electron chi connectivity index (χ1n) is 8.19. The number of ether oxygens (including phenoxy) is 1. The zero-order valence-electron chi connectivity index (χ0n) is 13.6. The molecule has 0 bridgehead atoms. The van der Waals surface area contributed by atoms with Gasteiger partial charge in [-0.3, -0.25) is 0 Å². The highest BCUT2D eigenvalue weighted by molar-refractivity contribution is 5.95. The van der Waals surface area contributed by atoms with Gasteiger partial charge in [-0.15, -0.1) is 0 Å². The van der Waals surface area contributed by atoms with E-state index >= 15 is 0 Å². The quantitative estimate of drug-likeness (QED) is 0.567. The van der Waals surface area contributed by atoms with Crippen molar-refractivity contribution in [3.63, 3.8) is 0 Å². The molecule has 1 aliphatic rings. The maximum Gasteiger partial charge on any atom is 0.356 e. The van der Waals surface area contributed by atoms with E-state index in [4.69, 9.17) is 4.74 Å². The number of nitrogens with one attached hydrogen (secondary N) is 1. The second-order valence-electron chi connectivity index (χ2n) is 5.89. The normalized spacial score (nSPS) is 18.0. The van der Waals surface area contributed by atoms with Gasteiger partial charge in [-0.25, -0.2) is 4.79 Å². The van der Waals surface area contributed by atoms with Gasteiger partial charge >= 0.3 is 5.97 Å². The molecule has 1 N–H and O–H groups in total. The lowest BCUT2D eigenvalue weighted by atomic mass is 10.0. The molecular weight excluding hydrogens is 310 g/mol. The third-order valence-electron chi connectivity index (χ3n) is 4.16. The molecule has 1 atom stereocenters. The molecule has 1 aliphatic heterocycles. The molecule has 1 unspecified atom stereocenters. The topological polar surface area (TPSA) is 38.3 Å². The van der Waals surface area contributed by atoms with Crippen molar-refractivity contribution in [2.75, 3.05) is 0 Å². The van der Waals surface area contributed by atoms with Gasteiger partial charge in [0.1, 0.15) is 5.70 Å². The monoisotopic (exact) mass is 327 g/mol. The van der Waals surface area contributed by atoms with Gasteiger partial charge in [-0.2, -0.15) is 0 Å². The predicted octanol–water partition coefficient (Wildman–Crippen LogP) is 4.54. The summed E-state index contributed by atoms with van der Waals surface area (Å²) in [7, 11) is 0. The van der Waals surface area contributed by atoms with E-state index in [1.165, 1.54) is 5.56 Å². The molecule has 1 saturated heterocycles. The van der Waals surface area contributed by atoms with Crippen LogP contribution in [0.25, 0.3) is 17.2 Å². The number of carbonyl (C=O) groups is 1. The average molecular weight is 327 g/mol. The number of hydrogen-bond donors (Lipinski definition) is 1. The standard InChI is InChI=1S/C22H17NO2/c24-22-20(23-21(25-22)19-9-5-2-6-10-19)15-16-11-13-18(14-12-16)17-7-3-1-4-8-17/h1-15,21,23H/b20-15+. The van der Waals surface area contributed by atoms with E-state index in [0.29, 0.717) is 5.70 Å². The molecule has 4 rings (SSSR count). The summed E-state index contributed by atoms with van der Waals surface area (Å²) < 4.78 is 5.41. The molecule has 0 aliphatic carbocycles. The molecule has 0 amide bonds. The van der Waals surface area contributed by atoms with Crippen molar-refractivity contribution in [1.29, 1.82) is 0 Å². The van der Waals surface area contributed by atoms with Crippen LogP contribution in [0.4, 0.5) is 0 Å². The number of rotatable bonds is 3. The number of esters is 1. The van der Waals surface area contributed by atoms with Crippen LogP contribution in [0, 0.1) is 0 Å². The first-order valence-corrected chi connectivity index (χ1v) is 8.19. The molecule has 3 heteroatoms. The number of carbonyl (C=O) groups excluding carboxylic acids is 1. The Morgan fingerprint density at radius 3 is 2.04 bits per heavy atom. The van der Waals surface area contributed by atoms with Crippen molar-refractivity contribution in [2.45, 2.75) is 6.23 Å². The van der Waals surface area contributed by atoms with Gasteiger partial charge < -0.3 is 10.1 Å². The highest BCUT2D eigenvalue weighted by atomic mass is 16.6. The molecule has 1 heterocycles. The summed E-state index contributed by atoms with van der Waals surface area (Å²) in [6, 6.07) is 28.0. The van der Waals surface area contributed by atoms with Crippen LogP contribution in [0.2, 0.25) is 0 Å². The Morgan fingerprint density at radius 1 is 0.760 bits per heavy atom. The molecule has 3 aromatic carbocycles. The first-order chi connectivity index (χ1) is 12.3. The Hall–Kier alpha value is -3.33. The summed E-state index contributed by atoms with van der Waals surface area (Å²) in [5.41, 5.74) is 4.67. The van der Waals surface area contributed by atoms with E-state index in [-0.39, 0.29) is 5.97 Å². The molecule has 3 aromatic rings. The summed E-state index contributed by atoms with van der Waals surface area (Å²) in [6.45, 7) is 0. The van der Waals surface area contributed by atoms with Crippen LogP contribution in [-0.2, 0) is 9.53 Å². The molecule has 0 saturated carbocycles. The third-order valence-corrected chi connectivity index (χ3v) is 4.16. The van der Waals surface area contributed by atoms with E-state index < -0.39 is 6.23 Å². The SMILES string of the molecule is O=C1OC(c2ccccc2)N/C1=C/c1ccc(-c2ccccc2)cc1. The van der Waals surface area contributed by atoms with Gasteiger partial charge in [-0.1, -0.05) is 84.9 Å². The van der Waals surface area contributed by atoms with Crippen LogP contribution < -0.4 is 5.32 Å². The molecule has 25 heavy (non-hydrogen) atoms. The molecule has 122 valence electrons. The minimum atomic E-state index is -0.427. The molecule has 1 fully saturated rings. The second-order valence-corrected chi connectivity index (χ2v) is 5.89. The van der Waals surface area contributed by atoms with Crippen molar-refractivity contribution in [1.82, 2.24) is 5.32 Å². The summed E-state index contributed by atoms with van der Waals surface area (Å²) in [5, 5.41) is 3.14. The van der Waals surface area contributed by atoms with Gasteiger partial charge in [0.25, 0.3) is 0 Å². The van der Waals surface area contributed by atoms with Crippen LogP contribution in [0.1, 0.15) is 17.4 Å². The average Bonchev–Trinajstić information content (AvgIpc) is 3.04. The zero-order chi connectivity index (χ0) is 17.1. The van der Waals surface area contributed by atoms with E-state index in [0.717, 1.165) is 16.7 Å². The van der Waals surface area contributed by atoms with Crippen molar-refractivity contribution < 1.29 is 9.53 Å². The van der Waals surface area contributed by atoms with Gasteiger partial charge in [0.05, 0.1) is 0 Å². The Balaban J connectivity index is 1.54. The smallest absolute Gasteiger partial charge is 0.356 e. The predicted molar refractivity (Wildman–Crippen MR) is 98.3 cm³/mol. The van der Waals surface area contributed by atoms with Crippen LogP contribution in [0.3, 0.4) is 0 Å². The first kappa shape index (κ1) is 15.2. The largest absolute Gasteiger partial charge is 0.433 e. The molecule has 3 nitrogen and oxygen atoms in total. The van der Waals surface area contributed by atoms with E-state index in [9.17, 15) is 4.79 Å². The van der Waals surface area contributed by atoms with Crippen LogP contribution in [0.15, 0.2) is 90.6 Å². The molecule has 0 spiro atoms. The number of benzene rings is 3. The second kappa shape index (κ2) is 6.65. The number of cyclic esters (lactones) is 1. The van der Waals surface area contributed by atoms with Crippen LogP contribution >= 0.6 is 0 Å². The minimum Gasteiger partial charge on any atom is -0.433 e. The van der Waals surface area contributed by atoms with Crippen LogP contribution in [-0.4, -0.2) is 5.97 Å².